The molecule has 2 aromatic rings. The van der Waals surface area contributed by atoms with Crippen LogP contribution in [0.5, 0.6) is 5.75 Å². The largest absolute Gasteiger partial charge is 0.491 e. The predicted octanol–water partition coefficient (Wildman–Crippen LogP) is 3.07. The molecule has 0 saturated heterocycles. The minimum Gasteiger partial charge on any atom is -0.491 e. The Morgan fingerprint density at radius 3 is 2.50 bits per heavy atom. The predicted molar refractivity (Wildman–Crippen MR) is 81.1 cm³/mol. The lowest BCUT2D eigenvalue weighted by Crippen LogP contribution is -2.12. The van der Waals surface area contributed by atoms with Gasteiger partial charge in [-0.25, -0.2) is 0 Å². The molecule has 0 unspecified atom stereocenters. The van der Waals surface area contributed by atoms with Gasteiger partial charge in [0.2, 0.25) is 0 Å². The van der Waals surface area contributed by atoms with Gasteiger partial charge in [-0.2, -0.15) is 0 Å². The Labute approximate surface area is 125 Å². The monoisotopic (exact) mass is 335 g/mol. The van der Waals surface area contributed by atoms with Crippen LogP contribution in [-0.2, 0) is 0 Å². The van der Waals surface area contributed by atoms with Crippen LogP contribution in [-0.4, -0.2) is 24.2 Å². The molecule has 0 saturated carbocycles. The molecule has 20 heavy (non-hydrogen) atoms. The van der Waals surface area contributed by atoms with Crippen LogP contribution in [0.25, 0.3) is 0 Å². The minimum absolute atomic E-state index is 0.0273. The highest BCUT2D eigenvalue weighted by Crippen LogP contribution is 2.19. The summed E-state index contributed by atoms with van der Waals surface area (Å²) in [7, 11) is 0. The normalized spacial score (nSPS) is 10.1. The van der Waals surface area contributed by atoms with Gasteiger partial charge >= 0.3 is 0 Å². The van der Waals surface area contributed by atoms with Crippen molar-refractivity contribution in [2.24, 2.45) is 0 Å². The van der Waals surface area contributed by atoms with E-state index in [4.69, 9.17) is 9.84 Å². The summed E-state index contributed by atoms with van der Waals surface area (Å²) in [5.74, 6) is 0.472. The molecular formula is C15H14BrNO3. The van der Waals surface area contributed by atoms with Crippen LogP contribution in [0.2, 0.25) is 0 Å². The van der Waals surface area contributed by atoms with Crippen molar-refractivity contribution in [3.05, 3.63) is 58.6 Å². The Balaban J connectivity index is 2.03. The van der Waals surface area contributed by atoms with Gasteiger partial charge in [-0.15, -0.1) is 0 Å². The van der Waals surface area contributed by atoms with E-state index in [1.807, 2.05) is 18.2 Å². The van der Waals surface area contributed by atoms with Crippen molar-refractivity contribution >= 4 is 27.5 Å². The van der Waals surface area contributed by atoms with Crippen LogP contribution < -0.4 is 10.1 Å². The van der Waals surface area contributed by atoms with Crippen molar-refractivity contribution in [2.75, 3.05) is 18.5 Å². The van der Waals surface area contributed by atoms with Gasteiger partial charge in [0.15, 0.2) is 0 Å². The van der Waals surface area contributed by atoms with Crippen LogP contribution >= 0.6 is 15.9 Å². The minimum atomic E-state index is -0.179. The Bertz CT molecular complexity index is 584. The first-order valence-electron chi connectivity index (χ1n) is 6.10. The molecule has 0 radical (unpaired) electrons. The zero-order valence-corrected chi connectivity index (χ0v) is 12.3. The number of amides is 1. The standard InChI is InChI=1S/C15H14BrNO3/c16-14-4-2-1-3-13(14)15(19)17-11-5-7-12(8-6-11)20-10-9-18/h1-8,18H,9-10H2,(H,17,19). The molecule has 0 aliphatic rings. The molecule has 0 aromatic heterocycles. The second-order valence-corrected chi connectivity index (χ2v) is 4.88. The number of carbonyl (C=O) groups excluding carboxylic acids is 1. The SMILES string of the molecule is O=C(Nc1ccc(OCCO)cc1)c1ccccc1Br. The Morgan fingerprint density at radius 2 is 1.85 bits per heavy atom. The van der Waals surface area contributed by atoms with E-state index in [0.29, 0.717) is 17.0 Å². The van der Waals surface area contributed by atoms with Gasteiger partial charge < -0.3 is 15.2 Å². The number of ether oxygens (including phenoxy) is 1. The number of rotatable bonds is 5. The Morgan fingerprint density at radius 1 is 1.15 bits per heavy atom. The van der Waals surface area contributed by atoms with Crippen molar-refractivity contribution in [1.82, 2.24) is 0 Å². The quantitative estimate of drug-likeness (QED) is 0.882. The zero-order chi connectivity index (χ0) is 14.4. The molecule has 2 N–H and O–H groups in total. The van der Waals surface area contributed by atoms with Gasteiger partial charge in [0.05, 0.1) is 12.2 Å². The molecule has 5 heteroatoms. The van der Waals surface area contributed by atoms with E-state index in [1.165, 1.54) is 0 Å². The average molecular weight is 336 g/mol. The van der Waals surface area contributed by atoms with Gasteiger partial charge in [0.1, 0.15) is 12.4 Å². The maximum absolute atomic E-state index is 12.1. The average Bonchev–Trinajstić information content (AvgIpc) is 2.47. The molecular weight excluding hydrogens is 322 g/mol. The summed E-state index contributed by atoms with van der Waals surface area (Å²) in [5.41, 5.74) is 1.26. The summed E-state index contributed by atoms with van der Waals surface area (Å²) >= 11 is 3.35. The summed E-state index contributed by atoms with van der Waals surface area (Å²) < 4.78 is 6.00. The van der Waals surface area contributed by atoms with Crippen LogP contribution in [0.3, 0.4) is 0 Å². The number of carbonyl (C=O) groups is 1. The third kappa shape index (κ3) is 3.82. The van der Waals surface area contributed by atoms with Crippen LogP contribution in [0.15, 0.2) is 53.0 Å². The summed E-state index contributed by atoms with van der Waals surface area (Å²) in [6, 6.07) is 14.2. The summed E-state index contributed by atoms with van der Waals surface area (Å²) in [6.07, 6.45) is 0. The smallest absolute Gasteiger partial charge is 0.256 e. The fourth-order valence-electron chi connectivity index (χ4n) is 1.64. The third-order valence-corrected chi connectivity index (χ3v) is 3.28. The zero-order valence-electron chi connectivity index (χ0n) is 10.7. The topological polar surface area (TPSA) is 58.6 Å². The fourth-order valence-corrected chi connectivity index (χ4v) is 2.11. The molecule has 2 rings (SSSR count). The fraction of sp³-hybridized carbons (Fsp3) is 0.133. The van der Waals surface area contributed by atoms with Gasteiger partial charge in [0.25, 0.3) is 5.91 Å². The van der Waals surface area contributed by atoms with Crippen molar-refractivity contribution in [3.63, 3.8) is 0 Å². The number of aliphatic hydroxyl groups excluding tert-OH is 1. The highest BCUT2D eigenvalue weighted by molar-refractivity contribution is 9.10. The molecule has 0 aliphatic heterocycles. The van der Waals surface area contributed by atoms with E-state index >= 15 is 0 Å². The van der Waals surface area contributed by atoms with Crippen molar-refractivity contribution in [1.29, 1.82) is 0 Å². The number of halogens is 1. The van der Waals surface area contributed by atoms with E-state index in [9.17, 15) is 4.79 Å². The third-order valence-electron chi connectivity index (χ3n) is 2.59. The number of anilines is 1. The molecule has 0 spiro atoms. The van der Waals surface area contributed by atoms with E-state index in [1.54, 1.807) is 30.3 Å². The van der Waals surface area contributed by atoms with Crippen LogP contribution in [0.4, 0.5) is 5.69 Å². The summed E-state index contributed by atoms with van der Waals surface area (Å²) in [4.78, 5) is 12.1. The van der Waals surface area contributed by atoms with Gasteiger partial charge in [-0.1, -0.05) is 12.1 Å². The number of benzene rings is 2. The van der Waals surface area contributed by atoms with E-state index in [-0.39, 0.29) is 19.1 Å². The van der Waals surface area contributed by atoms with E-state index in [2.05, 4.69) is 21.2 Å². The molecule has 0 bridgehead atoms. The summed E-state index contributed by atoms with van der Waals surface area (Å²) in [5, 5.41) is 11.5. The highest BCUT2D eigenvalue weighted by Gasteiger charge is 2.09. The van der Waals surface area contributed by atoms with Crippen molar-refractivity contribution in [2.45, 2.75) is 0 Å². The molecule has 104 valence electrons. The van der Waals surface area contributed by atoms with Gasteiger partial charge in [-0.3, -0.25) is 4.79 Å². The Kier molecular flexibility index (Phi) is 5.15. The molecule has 1 amide bonds. The second-order valence-electron chi connectivity index (χ2n) is 4.03. The first-order valence-corrected chi connectivity index (χ1v) is 6.89. The molecule has 2 aromatic carbocycles. The first-order chi connectivity index (χ1) is 9.70. The van der Waals surface area contributed by atoms with Crippen LogP contribution in [0, 0.1) is 0 Å². The maximum atomic E-state index is 12.1. The summed E-state index contributed by atoms with van der Waals surface area (Å²) in [6.45, 7) is 0.225. The van der Waals surface area contributed by atoms with E-state index < -0.39 is 0 Å². The lowest BCUT2D eigenvalue weighted by molar-refractivity contribution is 0.102. The highest BCUT2D eigenvalue weighted by atomic mass is 79.9. The second kappa shape index (κ2) is 7.07. The number of nitrogens with one attached hydrogen (secondary N) is 1. The van der Waals surface area contributed by atoms with Crippen molar-refractivity contribution < 1.29 is 14.6 Å². The van der Waals surface area contributed by atoms with Crippen LogP contribution in [0.1, 0.15) is 10.4 Å². The molecule has 0 aliphatic carbocycles. The lowest BCUT2D eigenvalue weighted by atomic mass is 10.2. The molecule has 0 heterocycles. The van der Waals surface area contributed by atoms with Crippen molar-refractivity contribution in [3.8, 4) is 5.75 Å². The maximum Gasteiger partial charge on any atom is 0.256 e. The number of aliphatic hydroxyl groups is 1. The van der Waals surface area contributed by atoms with Gasteiger partial charge in [0, 0.05) is 10.2 Å². The molecule has 4 nitrogen and oxygen atoms in total. The Hall–Kier alpha value is -1.85. The molecule has 0 atom stereocenters. The van der Waals surface area contributed by atoms with Gasteiger partial charge in [-0.05, 0) is 52.3 Å². The number of hydrogen-bond donors (Lipinski definition) is 2. The number of hydrogen-bond acceptors (Lipinski definition) is 3. The van der Waals surface area contributed by atoms with E-state index in [0.717, 1.165) is 4.47 Å². The first kappa shape index (κ1) is 14.6. The lowest BCUT2D eigenvalue weighted by Gasteiger charge is -2.08. The molecule has 0 fully saturated rings.